The molecule has 0 aromatic heterocycles. The predicted octanol–water partition coefficient (Wildman–Crippen LogP) is 4.47. The van der Waals surface area contributed by atoms with Crippen LogP contribution in [0.1, 0.15) is 62.3 Å². The molecule has 0 saturated heterocycles. The second kappa shape index (κ2) is 5.22. The molecular formula is C16H24O. The Bertz CT molecular complexity index is 381. The monoisotopic (exact) mass is 232 g/mol. The highest BCUT2D eigenvalue weighted by Gasteiger charge is 2.26. The fourth-order valence-corrected chi connectivity index (χ4v) is 2.83. The van der Waals surface area contributed by atoms with Crippen molar-refractivity contribution in [1.82, 2.24) is 0 Å². The maximum absolute atomic E-state index is 5.65. The Morgan fingerprint density at radius 2 is 2.12 bits per heavy atom. The van der Waals surface area contributed by atoms with Crippen LogP contribution >= 0.6 is 0 Å². The zero-order valence-corrected chi connectivity index (χ0v) is 11.5. The van der Waals surface area contributed by atoms with Gasteiger partial charge in [-0.15, -0.1) is 0 Å². The van der Waals surface area contributed by atoms with Gasteiger partial charge in [0.25, 0.3) is 0 Å². The van der Waals surface area contributed by atoms with E-state index in [9.17, 15) is 0 Å². The van der Waals surface area contributed by atoms with Gasteiger partial charge >= 0.3 is 0 Å². The van der Waals surface area contributed by atoms with E-state index in [2.05, 4.69) is 39.0 Å². The third-order valence-electron chi connectivity index (χ3n) is 4.10. The van der Waals surface area contributed by atoms with Crippen LogP contribution in [0.5, 0.6) is 0 Å². The minimum absolute atomic E-state index is 0.310. The molecule has 0 spiro atoms. The number of hydrogen-bond acceptors (Lipinski definition) is 1. The topological polar surface area (TPSA) is 9.23 Å². The quantitative estimate of drug-likeness (QED) is 0.747. The van der Waals surface area contributed by atoms with Crippen molar-refractivity contribution in [3.8, 4) is 0 Å². The zero-order chi connectivity index (χ0) is 12.4. The lowest BCUT2D eigenvalue weighted by Crippen LogP contribution is -2.19. The van der Waals surface area contributed by atoms with Gasteiger partial charge in [-0.05, 0) is 41.4 Å². The van der Waals surface area contributed by atoms with Gasteiger partial charge in [-0.2, -0.15) is 0 Å². The van der Waals surface area contributed by atoms with Crippen LogP contribution in [0.15, 0.2) is 18.2 Å². The lowest BCUT2D eigenvalue weighted by molar-refractivity contribution is 0.0709. The van der Waals surface area contributed by atoms with Crippen molar-refractivity contribution < 1.29 is 4.74 Å². The molecule has 2 rings (SSSR count). The van der Waals surface area contributed by atoms with Crippen LogP contribution in [-0.2, 0) is 11.2 Å². The molecule has 0 bridgehead atoms. The average Bonchev–Trinajstić information content (AvgIpc) is 2.36. The summed E-state index contributed by atoms with van der Waals surface area (Å²) in [4.78, 5) is 0. The van der Waals surface area contributed by atoms with Crippen LogP contribution in [0, 0.1) is 5.92 Å². The second-order valence-electron chi connectivity index (χ2n) is 5.55. The Balaban J connectivity index is 2.35. The summed E-state index contributed by atoms with van der Waals surface area (Å²) in [6.45, 7) is 6.81. The number of rotatable bonds is 3. The van der Waals surface area contributed by atoms with Crippen molar-refractivity contribution in [2.45, 2.75) is 52.1 Å². The first-order valence-corrected chi connectivity index (χ1v) is 6.81. The summed E-state index contributed by atoms with van der Waals surface area (Å²) in [5, 5.41) is 0. The summed E-state index contributed by atoms with van der Waals surface area (Å²) in [5.74, 6) is 1.40. The maximum Gasteiger partial charge on any atom is 0.0826 e. The van der Waals surface area contributed by atoms with Gasteiger partial charge in [0.2, 0.25) is 0 Å². The molecule has 1 aliphatic rings. The Morgan fingerprint density at radius 3 is 2.71 bits per heavy atom. The van der Waals surface area contributed by atoms with E-state index >= 15 is 0 Å². The molecular weight excluding hydrogens is 208 g/mol. The number of benzene rings is 1. The standard InChI is InChI=1S/C16H24O/c1-5-12-8-14-10-13(11(2)3)6-7-15(14)16(9-12)17-4/h6-7,10-12,16H,5,8-9H2,1-4H3. The highest BCUT2D eigenvalue weighted by Crippen LogP contribution is 2.37. The van der Waals surface area contributed by atoms with Crippen LogP contribution in [0.2, 0.25) is 0 Å². The van der Waals surface area contributed by atoms with Gasteiger partial charge in [0, 0.05) is 7.11 Å². The van der Waals surface area contributed by atoms with Crippen LogP contribution in [0.25, 0.3) is 0 Å². The van der Waals surface area contributed by atoms with Crippen molar-refractivity contribution >= 4 is 0 Å². The fraction of sp³-hybridized carbons (Fsp3) is 0.625. The molecule has 2 atom stereocenters. The zero-order valence-electron chi connectivity index (χ0n) is 11.5. The first-order valence-electron chi connectivity index (χ1n) is 6.81. The fourth-order valence-electron chi connectivity index (χ4n) is 2.83. The molecule has 0 saturated carbocycles. The van der Waals surface area contributed by atoms with Gasteiger partial charge < -0.3 is 4.74 Å². The van der Waals surface area contributed by atoms with E-state index < -0.39 is 0 Å². The second-order valence-corrected chi connectivity index (χ2v) is 5.55. The molecule has 0 aliphatic heterocycles. The largest absolute Gasteiger partial charge is 0.377 e. The Labute approximate surface area is 105 Å². The summed E-state index contributed by atoms with van der Waals surface area (Å²) in [5.41, 5.74) is 4.39. The highest BCUT2D eigenvalue weighted by atomic mass is 16.5. The molecule has 1 nitrogen and oxygen atoms in total. The molecule has 0 N–H and O–H groups in total. The summed E-state index contributed by atoms with van der Waals surface area (Å²) in [6.07, 6.45) is 3.98. The van der Waals surface area contributed by atoms with E-state index in [0.717, 1.165) is 5.92 Å². The first-order chi connectivity index (χ1) is 8.15. The maximum atomic E-state index is 5.65. The highest BCUT2D eigenvalue weighted by molar-refractivity contribution is 5.37. The van der Waals surface area contributed by atoms with Crippen LogP contribution < -0.4 is 0 Å². The first kappa shape index (κ1) is 12.6. The minimum atomic E-state index is 0.310. The van der Waals surface area contributed by atoms with E-state index in [0.29, 0.717) is 12.0 Å². The van der Waals surface area contributed by atoms with Gasteiger partial charge in [0.15, 0.2) is 0 Å². The van der Waals surface area contributed by atoms with Crippen molar-refractivity contribution in [1.29, 1.82) is 0 Å². The van der Waals surface area contributed by atoms with Crippen molar-refractivity contribution in [3.05, 3.63) is 34.9 Å². The lowest BCUT2D eigenvalue weighted by atomic mass is 9.79. The minimum Gasteiger partial charge on any atom is -0.377 e. The van der Waals surface area contributed by atoms with Crippen molar-refractivity contribution in [2.24, 2.45) is 5.92 Å². The van der Waals surface area contributed by atoms with E-state index in [-0.39, 0.29) is 0 Å². The summed E-state index contributed by atoms with van der Waals surface area (Å²) < 4.78 is 5.65. The Kier molecular flexibility index (Phi) is 3.88. The SMILES string of the molecule is CCC1Cc2cc(C(C)C)ccc2C(OC)C1. The van der Waals surface area contributed by atoms with Crippen molar-refractivity contribution in [2.75, 3.05) is 7.11 Å². The van der Waals surface area contributed by atoms with E-state index in [1.807, 2.05) is 7.11 Å². The molecule has 17 heavy (non-hydrogen) atoms. The Hall–Kier alpha value is -0.820. The molecule has 0 radical (unpaired) electrons. The summed E-state index contributed by atoms with van der Waals surface area (Å²) in [6, 6.07) is 6.94. The predicted molar refractivity (Wildman–Crippen MR) is 72.4 cm³/mol. The molecule has 1 aromatic rings. The van der Waals surface area contributed by atoms with Gasteiger partial charge in [-0.25, -0.2) is 0 Å². The van der Waals surface area contributed by atoms with Gasteiger partial charge in [0.1, 0.15) is 0 Å². The van der Waals surface area contributed by atoms with Crippen LogP contribution in [0.3, 0.4) is 0 Å². The molecule has 0 heterocycles. The summed E-state index contributed by atoms with van der Waals surface area (Å²) in [7, 11) is 1.84. The molecule has 1 heteroatoms. The third-order valence-corrected chi connectivity index (χ3v) is 4.10. The lowest BCUT2D eigenvalue weighted by Gasteiger charge is -2.31. The van der Waals surface area contributed by atoms with Crippen molar-refractivity contribution in [3.63, 3.8) is 0 Å². The smallest absolute Gasteiger partial charge is 0.0826 e. The van der Waals surface area contributed by atoms with E-state index in [1.54, 1.807) is 0 Å². The normalized spacial score (nSPS) is 23.8. The van der Waals surface area contributed by atoms with Gasteiger partial charge in [-0.3, -0.25) is 0 Å². The number of ether oxygens (including phenoxy) is 1. The molecule has 2 unspecified atom stereocenters. The number of hydrogen-bond donors (Lipinski definition) is 0. The van der Waals surface area contributed by atoms with Gasteiger partial charge in [-0.1, -0.05) is 45.4 Å². The molecule has 1 aromatic carbocycles. The molecule has 94 valence electrons. The van der Waals surface area contributed by atoms with Crippen LogP contribution in [0.4, 0.5) is 0 Å². The molecule has 0 amide bonds. The van der Waals surface area contributed by atoms with Gasteiger partial charge in [0.05, 0.1) is 6.10 Å². The third kappa shape index (κ3) is 2.55. The average molecular weight is 232 g/mol. The van der Waals surface area contributed by atoms with E-state index in [1.165, 1.54) is 36.0 Å². The van der Waals surface area contributed by atoms with Crippen LogP contribution in [-0.4, -0.2) is 7.11 Å². The Morgan fingerprint density at radius 1 is 1.35 bits per heavy atom. The molecule has 0 fully saturated rings. The number of methoxy groups -OCH3 is 1. The summed E-state index contributed by atoms with van der Waals surface area (Å²) >= 11 is 0. The number of fused-ring (bicyclic) bond motifs is 1. The van der Waals surface area contributed by atoms with E-state index in [4.69, 9.17) is 4.74 Å². The molecule has 1 aliphatic carbocycles.